The largest absolute Gasteiger partial charge is 0.385 e. The average molecular weight is 368 g/mol. The van der Waals surface area contributed by atoms with Crippen molar-refractivity contribution in [2.45, 2.75) is 57.1 Å². The van der Waals surface area contributed by atoms with Crippen LogP contribution in [-0.2, 0) is 25.0 Å². The number of nitrogens with one attached hydrogen (secondary N) is 2. The highest BCUT2D eigenvalue weighted by Gasteiger charge is 2.35. The molecule has 2 amide bonds. The lowest BCUT2D eigenvalue weighted by atomic mass is 9.84. The number of aryl methyl sites for hydroxylation is 1. The molecule has 1 saturated heterocycles. The standard InChI is InChI=1S/C21H28N4O2/c26-20(22-15-19-17-9-5-2-6-10-18(17)23-24-19)25-13-11-21(27,12-14-25)16-7-3-1-4-8-16/h1,3-4,7-8,27H,2,5-6,9-15H2,(H,22,26)(H,23,24). The van der Waals surface area contributed by atoms with Gasteiger partial charge in [-0.2, -0.15) is 5.10 Å². The van der Waals surface area contributed by atoms with Crippen molar-refractivity contribution >= 4 is 6.03 Å². The first-order chi connectivity index (χ1) is 13.2. The maximum Gasteiger partial charge on any atom is 0.317 e. The molecule has 1 aromatic carbocycles. The number of aliphatic hydroxyl groups is 1. The Bertz CT molecular complexity index is 779. The average Bonchev–Trinajstić information content (AvgIpc) is 2.93. The minimum atomic E-state index is -0.836. The smallest absolute Gasteiger partial charge is 0.317 e. The molecule has 27 heavy (non-hydrogen) atoms. The quantitative estimate of drug-likeness (QED) is 0.729. The highest BCUT2D eigenvalue weighted by molar-refractivity contribution is 5.74. The zero-order chi connectivity index (χ0) is 18.7. The zero-order valence-electron chi connectivity index (χ0n) is 15.7. The molecule has 0 atom stereocenters. The van der Waals surface area contributed by atoms with Crippen LogP contribution in [0.2, 0.25) is 0 Å². The van der Waals surface area contributed by atoms with Gasteiger partial charge in [0.15, 0.2) is 0 Å². The molecule has 2 heterocycles. The van der Waals surface area contributed by atoms with Gasteiger partial charge in [0, 0.05) is 18.8 Å². The molecule has 0 saturated carbocycles. The molecule has 1 aromatic heterocycles. The maximum absolute atomic E-state index is 12.6. The molecule has 6 nitrogen and oxygen atoms in total. The molecule has 6 heteroatoms. The Balaban J connectivity index is 1.32. The summed E-state index contributed by atoms with van der Waals surface area (Å²) in [5, 5.41) is 21.5. The van der Waals surface area contributed by atoms with Gasteiger partial charge < -0.3 is 15.3 Å². The van der Waals surface area contributed by atoms with Gasteiger partial charge in [-0.05, 0) is 49.7 Å². The second-order valence-electron chi connectivity index (χ2n) is 7.73. The molecule has 3 N–H and O–H groups in total. The molecule has 2 aliphatic rings. The van der Waals surface area contributed by atoms with E-state index in [0.29, 0.717) is 32.5 Å². The number of aromatic amines is 1. The van der Waals surface area contributed by atoms with Crippen LogP contribution < -0.4 is 5.32 Å². The fourth-order valence-electron chi connectivity index (χ4n) is 4.26. The van der Waals surface area contributed by atoms with Crippen molar-refractivity contribution in [2.24, 2.45) is 0 Å². The van der Waals surface area contributed by atoms with E-state index in [1.54, 1.807) is 4.90 Å². The van der Waals surface area contributed by atoms with Crippen LogP contribution in [0.4, 0.5) is 4.79 Å². The Kier molecular flexibility index (Phi) is 5.16. The minimum absolute atomic E-state index is 0.0736. The third kappa shape index (κ3) is 3.86. The van der Waals surface area contributed by atoms with Crippen LogP contribution in [0.3, 0.4) is 0 Å². The van der Waals surface area contributed by atoms with Crippen molar-refractivity contribution < 1.29 is 9.90 Å². The van der Waals surface area contributed by atoms with Crippen molar-refractivity contribution in [2.75, 3.05) is 13.1 Å². The van der Waals surface area contributed by atoms with E-state index in [9.17, 15) is 9.90 Å². The summed E-state index contributed by atoms with van der Waals surface area (Å²) in [6.45, 7) is 1.57. The van der Waals surface area contributed by atoms with Crippen molar-refractivity contribution in [1.82, 2.24) is 20.4 Å². The second kappa shape index (κ2) is 7.72. The molecule has 1 aliphatic heterocycles. The number of benzene rings is 1. The van der Waals surface area contributed by atoms with Crippen molar-refractivity contribution in [3.63, 3.8) is 0 Å². The number of fused-ring (bicyclic) bond motifs is 1. The van der Waals surface area contributed by atoms with Gasteiger partial charge in [-0.15, -0.1) is 0 Å². The third-order valence-electron chi connectivity index (χ3n) is 5.99. The summed E-state index contributed by atoms with van der Waals surface area (Å²) >= 11 is 0. The number of likely N-dealkylation sites (tertiary alicyclic amines) is 1. The number of carbonyl (C=O) groups excluding carboxylic acids is 1. The molecular formula is C21H28N4O2. The van der Waals surface area contributed by atoms with Gasteiger partial charge in [0.2, 0.25) is 0 Å². The first-order valence-corrected chi connectivity index (χ1v) is 10.0. The normalized spacial score (nSPS) is 19.2. The first-order valence-electron chi connectivity index (χ1n) is 10.0. The number of hydrogen-bond acceptors (Lipinski definition) is 3. The number of rotatable bonds is 3. The Morgan fingerprint density at radius 3 is 2.67 bits per heavy atom. The van der Waals surface area contributed by atoms with Gasteiger partial charge in [0.05, 0.1) is 17.8 Å². The number of nitrogens with zero attached hydrogens (tertiary/aromatic N) is 2. The molecule has 0 unspecified atom stereocenters. The summed E-state index contributed by atoms with van der Waals surface area (Å²) in [5.74, 6) is 0. The summed E-state index contributed by atoms with van der Waals surface area (Å²) in [4.78, 5) is 14.4. The Morgan fingerprint density at radius 2 is 1.89 bits per heavy atom. The van der Waals surface area contributed by atoms with E-state index in [2.05, 4.69) is 15.5 Å². The molecule has 2 aromatic rings. The molecule has 1 aliphatic carbocycles. The lowest BCUT2D eigenvalue weighted by Gasteiger charge is -2.38. The van der Waals surface area contributed by atoms with Crippen molar-refractivity contribution in [3.05, 3.63) is 52.8 Å². The number of aromatic nitrogens is 2. The monoisotopic (exact) mass is 368 g/mol. The van der Waals surface area contributed by atoms with Crippen LogP contribution >= 0.6 is 0 Å². The van der Waals surface area contributed by atoms with Crippen LogP contribution in [0.25, 0.3) is 0 Å². The summed E-state index contributed by atoms with van der Waals surface area (Å²) in [6.07, 6.45) is 6.87. The Labute approximate surface area is 160 Å². The Morgan fingerprint density at radius 1 is 1.15 bits per heavy atom. The number of amides is 2. The maximum atomic E-state index is 12.6. The minimum Gasteiger partial charge on any atom is -0.385 e. The lowest BCUT2D eigenvalue weighted by molar-refractivity contribution is -0.0168. The molecule has 4 rings (SSSR count). The number of carbonyl (C=O) groups is 1. The van der Waals surface area contributed by atoms with Crippen LogP contribution in [0.15, 0.2) is 30.3 Å². The molecule has 0 radical (unpaired) electrons. The summed E-state index contributed by atoms with van der Waals surface area (Å²) in [6, 6.07) is 9.68. The summed E-state index contributed by atoms with van der Waals surface area (Å²) < 4.78 is 0. The number of H-pyrrole nitrogens is 1. The first kappa shape index (κ1) is 18.0. The predicted octanol–water partition coefficient (Wildman–Crippen LogP) is 2.87. The van der Waals surface area contributed by atoms with Gasteiger partial charge >= 0.3 is 6.03 Å². The van der Waals surface area contributed by atoms with Crippen molar-refractivity contribution in [3.8, 4) is 0 Å². The highest BCUT2D eigenvalue weighted by atomic mass is 16.3. The Hall–Kier alpha value is -2.34. The summed E-state index contributed by atoms with van der Waals surface area (Å²) in [7, 11) is 0. The number of hydrogen-bond donors (Lipinski definition) is 3. The predicted molar refractivity (Wildman–Crippen MR) is 103 cm³/mol. The second-order valence-corrected chi connectivity index (χ2v) is 7.73. The van der Waals surface area contributed by atoms with Crippen LogP contribution in [0, 0.1) is 0 Å². The topological polar surface area (TPSA) is 81.2 Å². The van der Waals surface area contributed by atoms with Gasteiger partial charge in [-0.1, -0.05) is 36.8 Å². The summed E-state index contributed by atoms with van der Waals surface area (Å²) in [5.41, 5.74) is 3.60. The van der Waals surface area contributed by atoms with E-state index in [-0.39, 0.29) is 6.03 Å². The lowest BCUT2D eigenvalue weighted by Crippen LogP contribution is -2.48. The van der Waals surface area contributed by atoms with Crippen LogP contribution in [0.1, 0.15) is 54.6 Å². The number of urea groups is 1. The van der Waals surface area contributed by atoms with Gasteiger partial charge in [-0.3, -0.25) is 5.10 Å². The highest BCUT2D eigenvalue weighted by Crippen LogP contribution is 2.32. The van der Waals surface area contributed by atoms with Crippen LogP contribution in [-0.4, -0.2) is 39.3 Å². The van der Waals surface area contributed by atoms with Gasteiger partial charge in [0.25, 0.3) is 0 Å². The van der Waals surface area contributed by atoms with E-state index in [1.807, 2.05) is 30.3 Å². The van der Waals surface area contributed by atoms with E-state index in [4.69, 9.17) is 0 Å². The van der Waals surface area contributed by atoms with E-state index in [0.717, 1.165) is 24.1 Å². The van der Waals surface area contributed by atoms with E-state index < -0.39 is 5.60 Å². The van der Waals surface area contributed by atoms with Crippen molar-refractivity contribution in [1.29, 1.82) is 0 Å². The molecule has 0 bridgehead atoms. The van der Waals surface area contributed by atoms with Gasteiger partial charge in [-0.25, -0.2) is 4.79 Å². The van der Waals surface area contributed by atoms with E-state index >= 15 is 0 Å². The zero-order valence-corrected chi connectivity index (χ0v) is 15.7. The molecular weight excluding hydrogens is 340 g/mol. The fourth-order valence-corrected chi connectivity index (χ4v) is 4.26. The molecule has 1 fully saturated rings. The van der Waals surface area contributed by atoms with Gasteiger partial charge in [0.1, 0.15) is 0 Å². The fraction of sp³-hybridized carbons (Fsp3) is 0.524. The van der Waals surface area contributed by atoms with E-state index in [1.165, 1.54) is 30.5 Å². The van der Waals surface area contributed by atoms with Crippen LogP contribution in [0.5, 0.6) is 0 Å². The number of piperidine rings is 1. The molecule has 0 spiro atoms. The SMILES string of the molecule is O=C(NCc1n[nH]c2c1CCCCC2)N1CCC(O)(c2ccccc2)CC1. The third-order valence-corrected chi connectivity index (χ3v) is 5.99. The molecule has 144 valence electrons.